The Morgan fingerprint density at radius 1 is 1.41 bits per heavy atom. The molecule has 0 fully saturated rings. The maximum Gasteiger partial charge on any atom is 0.280 e. The SMILES string of the molecule is Cc1ccc(Cl)cc1Oc1nc(Cl)c(C=O)s1. The van der Waals surface area contributed by atoms with Gasteiger partial charge in [-0.05, 0) is 24.6 Å². The van der Waals surface area contributed by atoms with Gasteiger partial charge in [0.15, 0.2) is 11.4 Å². The first-order chi connectivity index (χ1) is 8.10. The number of aldehydes is 1. The first-order valence-corrected chi connectivity index (χ1v) is 6.23. The zero-order chi connectivity index (χ0) is 12.4. The first kappa shape index (κ1) is 12.4. The number of aromatic nitrogens is 1. The van der Waals surface area contributed by atoms with E-state index in [4.69, 9.17) is 27.9 Å². The Balaban J connectivity index is 2.30. The maximum atomic E-state index is 10.6. The molecular weight excluding hydrogens is 281 g/mol. The molecule has 88 valence electrons. The molecule has 1 aromatic heterocycles. The van der Waals surface area contributed by atoms with Crippen molar-refractivity contribution in [3.05, 3.63) is 38.8 Å². The van der Waals surface area contributed by atoms with Gasteiger partial charge in [-0.1, -0.05) is 40.6 Å². The average Bonchev–Trinajstić information content (AvgIpc) is 2.64. The molecule has 0 bridgehead atoms. The number of aryl methyl sites for hydroxylation is 1. The van der Waals surface area contributed by atoms with Crippen LogP contribution in [-0.4, -0.2) is 11.3 Å². The van der Waals surface area contributed by atoms with Crippen LogP contribution >= 0.6 is 34.5 Å². The highest BCUT2D eigenvalue weighted by molar-refractivity contribution is 7.15. The van der Waals surface area contributed by atoms with E-state index in [0.29, 0.717) is 27.1 Å². The van der Waals surface area contributed by atoms with Crippen molar-refractivity contribution in [1.82, 2.24) is 4.98 Å². The minimum absolute atomic E-state index is 0.152. The van der Waals surface area contributed by atoms with E-state index >= 15 is 0 Å². The van der Waals surface area contributed by atoms with Crippen molar-refractivity contribution in [3.63, 3.8) is 0 Å². The third kappa shape index (κ3) is 2.77. The van der Waals surface area contributed by atoms with Crippen molar-refractivity contribution in [3.8, 4) is 10.9 Å². The quantitative estimate of drug-likeness (QED) is 0.787. The van der Waals surface area contributed by atoms with Crippen LogP contribution in [0, 0.1) is 6.92 Å². The summed E-state index contributed by atoms with van der Waals surface area (Å²) in [6.07, 6.45) is 0.650. The predicted molar refractivity (Wildman–Crippen MR) is 68.8 cm³/mol. The molecule has 0 spiro atoms. The van der Waals surface area contributed by atoms with E-state index in [-0.39, 0.29) is 5.15 Å². The summed E-state index contributed by atoms with van der Waals surface area (Å²) >= 11 is 12.7. The molecule has 1 heterocycles. The van der Waals surface area contributed by atoms with E-state index in [0.717, 1.165) is 16.9 Å². The van der Waals surface area contributed by atoms with Crippen LogP contribution in [-0.2, 0) is 0 Å². The molecule has 0 atom stereocenters. The summed E-state index contributed by atoms with van der Waals surface area (Å²) in [6.45, 7) is 1.89. The molecule has 3 nitrogen and oxygen atoms in total. The van der Waals surface area contributed by atoms with Gasteiger partial charge >= 0.3 is 0 Å². The Hall–Kier alpha value is -1.10. The molecule has 6 heteroatoms. The Morgan fingerprint density at radius 3 is 2.82 bits per heavy atom. The normalized spacial score (nSPS) is 10.3. The summed E-state index contributed by atoms with van der Waals surface area (Å²) in [7, 11) is 0. The highest BCUT2D eigenvalue weighted by Crippen LogP contribution is 2.33. The molecule has 2 rings (SSSR count). The predicted octanol–water partition coefficient (Wildman–Crippen LogP) is 4.36. The Labute approximate surface area is 112 Å². The van der Waals surface area contributed by atoms with Crippen LogP contribution in [0.2, 0.25) is 10.2 Å². The van der Waals surface area contributed by atoms with Gasteiger partial charge in [0.25, 0.3) is 5.19 Å². The number of halogens is 2. The fourth-order valence-electron chi connectivity index (χ4n) is 1.19. The summed E-state index contributed by atoms with van der Waals surface area (Å²) < 4.78 is 5.53. The number of hydrogen-bond donors (Lipinski definition) is 0. The lowest BCUT2D eigenvalue weighted by atomic mass is 10.2. The molecule has 0 aliphatic heterocycles. The molecule has 0 aliphatic rings. The standard InChI is InChI=1S/C11H7Cl2NO2S/c1-6-2-3-7(12)4-8(6)16-11-14-10(13)9(5-15)17-11/h2-5H,1H3. The van der Waals surface area contributed by atoms with E-state index in [9.17, 15) is 4.79 Å². The van der Waals surface area contributed by atoms with Crippen LogP contribution in [0.4, 0.5) is 0 Å². The van der Waals surface area contributed by atoms with Gasteiger partial charge in [0, 0.05) is 5.02 Å². The number of ether oxygens (including phenoxy) is 1. The number of nitrogens with zero attached hydrogens (tertiary/aromatic N) is 1. The van der Waals surface area contributed by atoms with Crippen LogP contribution in [0.15, 0.2) is 18.2 Å². The zero-order valence-electron chi connectivity index (χ0n) is 8.74. The monoisotopic (exact) mass is 287 g/mol. The van der Waals surface area contributed by atoms with E-state index in [1.165, 1.54) is 0 Å². The van der Waals surface area contributed by atoms with Crippen LogP contribution in [0.1, 0.15) is 15.2 Å². The van der Waals surface area contributed by atoms with Crippen molar-refractivity contribution in [2.24, 2.45) is 0 Å². The minimum atomic E-state index is 0.152. The third-order valence-corrected chi connectivity index (χ3v) is 3.54. The van der Waals surface area contributed by atoms with Crippen LogP contribution in [0.5, 0.6) is 10.9 Å². The molecule has 2 aromatic rings. The van der Waals surface area contributed by atoms with Gasteiger partial charge in [-0.2, -0.15) is 4.98 Å². The largest absolute Gasteiger partial charge is 0.431 e. The van der Waals surface area contributed by atoms with Gasteiger partial charge < -0.3 is 4.74 Å². The summed E-state index contributed by atoms with van der Waals surface area (Å²) in [4.78, 5) is 14.9. The molecule has 0 aliphatic carbocycles. The third-order valence-electron chi connectivity index (χ3n) is 2.04. The maximum absolute atomic E-state index is 10.6. The first-order valence-electron chi connectivity index (χ1n) is 4.65. The van der Waals surface area contributed by atoms with Crippen molar-refractivity contribution < 1.29 is 9.53 Å². The lowest BCUT2D eigenvalue weighted by Crippen LogP contribution is -1.86. The van der Waals surface area contributed by atoms with E-state index < -0.39 is 0 Å². The molecule has 0 saturated carbocycles. The molecule has 0 amide bonds. The second-order valence-corrected chi connectivity index (χ2v) is 5.05. The number of benzene rings is 1. The van der Waals surface area contributed by atoms with Crippen LogP contribution < -0.4 is 4.74 Å². The van der Waals surface area contributed by atoms with Gasteiger partial charge in [0.05, 0.1) is 0 Å². The number of hydrogen-bond acceptors (Lipinski definition) is 4. The van der Waals surface area contributed by atoms with E-state index in [1.807, 2.05) is 13.0 Å². The van der Waals surface area contributed by atoms with Crippen molar-refractivity contribution in [2.75, 3.05) is 0 Å². The van der Waals surface area contributed by atoms with Gasteiger partial charge in [-0.25, -0.2) is 0 Å². The van der Waals surface area contributed by atoms with Crippen LogP contribution in [0.25, 0.3) is 0 Å². The highest BCUT2D eigenvalue weighted by Gasteiger charge is 2.11. The molecule has 0 N–H and O–H groups in total. The number of thiazole rings is 1. The van der Waals surface area contributed by atoms with Gasteiger partial charge in [0.2, 0.25) is 0 Å². The van der Waals surface area contributed by atoms with Crippen LogP contribution in [0.3, 0.4) is 0 Å². The fraction of sp³-hybridized carbons (Fsp3) is 0.0909. The number of carbonyl (C=O) groups is 1. The minimum Gasteiger partial charge on any atom is -0.431 e. The number of carbonyl (C=O) groups excluding carboxylic acids is 1. The molecule has 0 radical (unpaired) electrons. The second kappa shape index (κ2) is 5.04. The molecule has 17 heavy (non-hydrogen) atoms. The fourth-order valence-corrected chi connectivity index (χ4v) is 2.27. The topological polar surface area (TPSA) is 39.2 Å². The van der Waals surface area contributed by atoms with Gasteiger partial charge in [-0.3, -0.25) is 4.79 Å². The lowest BCUT2D eigenvalue weighted by Gasteiger charge is -2.05. The Bertz CT molecular complexity index is 569. The molecule has 0 saturated heterocycles. The number of rotatable bonds is 3. The Kier molecular flexibility index (Phi) is 3.66. The second-order valence-electron chi connectivity index (χ2n) is 3.26. The van der Waals surface area contributed by atoms with Crippen molar-refractivity contribution >= 4 is 40.8 Å². The van der Waals surface area contributed by atoms with E-state index in [1.54, 1.807) is 12.1 Å². The zero-order valence-corrected chi connectivity index (χ0v) is 11.1. The highest BCUT2D eigenvalue weighted by atomic mass is 35.5. The summed E-state index contributed by atoms with van der Waals surface area (Å²) in [5, 5.41) is 1.05. The smallest absolute Gasteiger partial charge is 0.280 e. The molecule has 0 unspecified atom stereocenters. The summed E-state index contributed by atoms with van der Waals surface area (Å²) in [5.74, 6) is 0.598. The summed E-state index contributed by atoms with van der Waals surface area (Å²) in [5.41, 5.74) is 0.924. The molecule has 1 aromatic carbocycles. The van der Waals surface area contributed by atoms with E-state index in [2.05, 4.69) is 4.98 Å². The van der Waals surface area contributed by atoms with Crippen molar-refractivity contribution in [1.29, 1.82) is 0 Å². The molecular formula is C11H7Cl2NO2S. The van der Waals surface area contributed by atoms with Gasteiger partial charge in [-0.15, -0.1) is 0 Å². The Morgan fingerprint density at radius 2 is 2.18 bits per heavy atom. The average molecular weight is 288 g/mol. The lowest BCUT2D eigenvalue weighted by molar-refractivity contribution is 0.112. The van der Waals surface area contributed by atoms with Gasteiger partial charge in [0.1, 0.15) is 10.6 Å². The summed E-state index contributed by atoms with van der Waals surface area (Å²) in [6, 6.07) is 5.30. The van der Waals surface area contributed by atoms with Crippen molar-refractivity contribution in [2.45, 2.75) is 6.92 Å².